The lowest BCUT2D eigenvalue weighted by atomic mass is 9.95. The zero-order valence-electron chi connectivity index (χ0n) is 15.3. The number of nitrogens with one attached hydrogen (secondary N) is 2. The van der Waals surface area contributed by atoms with Crippen molar-refractivity contribution in [3.05, 3.63) is 47.5 Å². The fourth-order valence-electron chi connectivity index (χ4n) is 3.82. The first-order valence-electron chi connectivity index (χ1n) is 9.64. The van der Waals surface area contributed by atoms with Crippen LogP contribution < -0.4 is 22.6 Å². The summed E-state index contributed by atoms with van der Waals surface area (Å²) in [6, 6.07) is 9.65. The third kappa shape index (κ3) is 5.96. The summed E-state index contributed by atoms with van der Waals surface area (Å²) >= 11 is 0. The minimum absolute atomic E-state index is 0. The minimum atomic E-state index is 0. The number of rotatable bonds is 6. The second-order valence-corrected chi connectivity index (χ2v) is 7.26. The molecule has 1 fully saturated rings. The Balaban J connectivity index is 0.00000243. The van der Waals surface area contributed by atoms with E-state index in [9.17, 15) is 9.59 Å². The van der Waals surface area contributed by atoms with Crippen molar-refractivity contribution in [1.82, 2.24) is 5.32 Å². The van der Waals surface area contributed by atoms with Crippen molar-refractivity contribution < 1.29 is 26.9 Å². The number of likely N-dealkylation sites (tertiary alicyclic amines) is 1. The van der Waals surface area contributed by atoms with Gasteiger partial charge in [-0.05, 0) is 43.4 Å². The van der Waals surface area contributed by atoms with Crippen molar-refractivity contribution in [2.45, 2.75) is 51.0 Å². The van der Waals surface area contributed by atoms with Crippen molar-refractivity contribution >= 4 is 11.7 Å². The van der Waals surface area contributed by atoms with Crippen molar-refractivity contribution in [3.8, 4) is 0 Å². The van der Waals surface area contributed by atoms with Crippen molar-refractivity contribution in [1.29, 1.82) is 0 Å². The molecule has 1 saturated heterocycles. The summed E-state index contributed by atoms with van der Waals surface area (Å²) in [7, 11) is 0. The molecule has 0 aromatic heterocycles. The number of allylic oxidation sites excluding steroid dienone is 2. The molecule has 2 N–H and O–H groups in total. The van der Waals surface area contributed by atoms with Crippen LogP contribution in [0, 0.1) is 0 Å². The highest BCUT2D eigenvalue weighted by molar-refractivity contribution is 5.95. The van der Waals surface area contributed by atoms with Gasteiger partial charge in [0.1, 0.15) is 0 Å². The largest absolute Gasteiger partial charge is 1.00 e. The number of halogens is 1. The van der Waals surface area contributed by atoms with Crippen molar-refractivity contribution in [2.75, 3.05) is 19.6 Å². The van der Waals surface area contributed by atoms with Gasteiger partial charge in [-0.1, -0.05) is 24.3 Å². The summed E-state index contributed by atoms with van der Waals surface area (Å²) in [4.78, 5) is 26.0. The Morgan fingerprint density at radius 1 is 1.08 bits per heavy atom. The highest BCUT2D eigenvalue weighted by Crippen LogP contribution is 2.18. The fraction of sp³-hybridized carbons (Fsp3) is 0.524. The molecule has 0 bridgehead atoms. The van der Waals surface area contributed by atoms with E-state index in [0.717, 1.165) is 62.9 Å². The molecule has 1 heterocycles. The number of hydrogen-bond acceptors (Lipinski definition) is 2. The zero-order chi connectivity index (χ0) is 17.5. The Morgan fingerprint density at radius 2 is 1.81 bits per heavy atom. The van der Waals surface area contributed by atoms with E-state index in [2.05, 4.69) is 11.4 Å². The topological polar surface area (TPSA) is 50.6 Å². The lowest BCUT2D eigenvalue weighted by Gasteiger charge is -2.29. The zero-order valence-corrected chi connectivity index (χ0v) is 16.1. The molecule has 0 saturated carbocycles. The highest BCUT2D eigenvalue weighted by atomic mass is 35.5. The molecular formula is C21H29ClN2O2. The molecule has 1 aromatic rings. The van der Waals surface area contributed by atoms with Gasteiger partial charge in [0, 0.05) is 24.4 Å². The third-order valence-electron chi connectivity index (χ3n) is 5.42. The maximum Gasteiger partial charge on any atom is 0.251 e. The van der Waals surface area contributed by atoms with E-state index in [1.807, 2.05) is 30.3 Å². The van der Waals surface area contributed by atoms with Gasteiger partial charge in [0.2, 0.25) is 0 Å². The van der Waals surface area contributed by atoms with E-state index in [1.165, 1.54) is 11.3 Å². The van der Waals surface area contributed by atoms with E-state index in [1.54, 1.807) is 0 Å². The fourth-order valence-corrected chi connectivity index (χ4v) is 3.82. The Morgan fingerprint density at radius 3 is 2.46 bits per heavy atom. The lowest BCUT2D eigenvalue weighted by molar-refractivity contribution is -0.904. The molecule has 4 nitrogen and oxygen atoms in total. The van der Waals surface area contributed by atoms with Crippen LogP contribution in [0.3, 0.4) is 0 Å². The Kier molecular flexibility index (Phi) is 8.33. The van der Waals surface area contributed by atoms with Crippen LogP contribution in [-0.2, 0) is 4.79 Å². The maximum atomic E-state index is 12.3. The van der Waals surface area contributed by atoms with Crippen LogP contribution in [0.4, 0.5) is 0 Å². The second kappa shape index (κ2) is 10.5. The summed E-state index contributed by atoms with van der Waals surface area (Å²) in [6.07, 6.45) is 9.23. The van der Waals surface area contributed by atoms with Gasteiger partial charge in [0.05, 0.1) is 26.1 Å². The van der Waals surface area contributed by atoms with E-state index < -0.39 is 0 Å². The quantitative estimate of drug-likeness (QED) is 0.664. The summed E-state index contributed by atoms with van der Waals surface area (Å²) < 4.78 is 0. The van der Waals surface area contributed by atoms with Gasteiger partial charge in [0.15, 0.2) is 5.78 Å². The maximum absolute atomic E-state index is 12.3. The molecule has 0 atom stereocenters. The van der Waals surface area contributed by atoms with Crippen LogP contribution >= 0.6 is 0 Å². The van der Waals surface area contributed by atoms with Gasteiger partial charge in [-0.3, -0.25) is 9.59 Å². The van der Waals surface area contributed by atoms with Gasteiger partial charge < -0.3 is 22.6 Å². The van der Waals surface area contributed by atoms with Crippen molar-refractivity contribution in [2.24, 2.45) is 0 Å². The van der Waals surface area contributed by atoms with Gasteiger partial charge in [-0.2, -0.15) is 0 Å². The molecule has 2 aliphatic rings. The first-order valence-corrected chi connectivity index (χ1v) is 9.64. The summed E-state index contributed by atoms with van der Waals surface area (Å²) in [6.45, 7) is 2.99. The molecule has 1 aliphatic heterocycles. The van der Waals surface area contributed by atoms with Crippen LogP contribution in [-0.4, -0.2) is 37.4 Å². The molecule has 5 heteroatoms. The number of Topliss-reactive ketones (excluding diaryl/α,β-unsaturated/α-hetero) is 1. The predicted octanol–water partition coefficient (Wildman–Crippen LogP) is -1.07. The van der Waals surface area contributed by atoms with Crippen molar-refractivity contribution in [3.63, 3.8) is 0 Å². The summed E-state index contributed by atoms with van der Waals surface area (Å²) in [5.41, 5.74) is 1.79. The second-order valence-electron chi connectivity index (χ2n) is 7.26. The smallest absolute Gasteiger partial charge is 0.251 e. The van der Waals surface area contributed by atoms with E-state index in [-0.39, 0.29) is 24.4 Å². The number of piperidine rings is 1. The first-order chi connectivity index (χ1) is 12.2. The number of hydrogen-bond donors (Lipinski definition) is 2. The molecule has 1 aromatic carbocycles. The molecule has 3 rings (SSSR count). The van der Waals surface area contributed by atoms with E-state index in [4.69, 9.17) is 0 Å². The molecular weight excluding hydrogens is 348 g/mol. The number of carbonyl (C=O) groups excluding carboxylic acids is 2. The van der Waals surface area contributed by atoms with Gasteiger partial charge in [-0.25, -0.2) is 0 Å². The average molecular weight is 377 g/mol. The average Bonchev–Trinajstić information content (AvgIpc) is 2.68. The Hall–Kier alpha value is -1.65. The van der Waals surface area contributed by atoms with Gasteiger partial charge in [0.25, 0.3) is 5.91 Å². The number of quaternary nitrogens is 1. The van der Waals surface area contributed by atoms with E-state index >= 15 is 0 Å². The Bertz CT molecular complexity index is 622. The summed E-state index contributed by atoms with van der Waals surface area (Å²) in [5, 5.41) is 3.14. The lowest BCUT2D eigenvalue weighted by Crippen LogP contribution is -3.13. The predicted molar refractivity (Wildman–Crippen MR) is 98.7 cm³/mol. The number of amides is 1. The molecule has 0 radical (unpaired) electrons. The molecule has 1 amide bonds. The first kappa shape index (κ1) is 20.7. The molecule has 26 heavy (non-hydrogen) atoms. The monoisotopic (exact) mass is 376 g/mol. The number of benzene rings is 1. The third-order valence-corrected chi connectivity index (χ3v) is 5.42. The molecule has 0 spiro atoms. The standard InChI is InChI=1S/C21H28N2O2.ClH/c24-20(17-7-3-1-4-8-17)13-16-23-14-11-19(12-15-23)22-21(25)18-9-5-2-6-10-18;/h2,5-7,9-10,19H,1,3-4,8,11-16H2,(H,22,25);1H. The van der Waals surface area contributed by atoms with Gasteiger partial charge in [-0.15, -0.1) is 0 Å². The van der Waals surface area contributed by atoms with E-state index in [0.29, 0.717) is 12.2 Å². The molecule has 1 aliphatic carbocycles. The van der Waals surface area contributed by atoms with Crippen LogP contribution in [0.5, 0.6) is 0 Å². The number of ketones is 1. The van der Waals surface area contributed by atoms with Crippen LogP contribution in [0.1, 0.15) is 55.3 Å². The molecule has 0 unspecified atom stereocenters. The molecule has 142 valence electrons. The normalized spacial score (nSPS) is 22.7. The number of carbonyl (C=O) groups is 2. The van der Waals surface area contributed by atoms with Gasteiger partial charge >= 0.3 is 0 Å². The highest BCUT2D eigenvalue weighted by Gasteiger charge is 2.24. The van der Waals surface area contributed by atoms with Crippen LogP contribution in [0.2, 0.25) is 0 Å². The summed E-state index contributed by atoms with van der Waals surface area (Å²) in [5.74, 6) is 0.375. The van der Waals surface area contributed by atoms with Crippen LogP contribution in [0.25, 0.3) is 0 Å². The SMILES string of the molecule is O=C(CC[NH+]1CCC(NC(=O)c2ccccc2)CC1)C1=CCCCC1.[Cl-]. The minimum Gasteiger partial charge on any atom is -1.00 e. The Labute approximate surface area is 162 Å². The van der Waals surface area contributed by atoms with Crippen LogP contribution in [0.15, 0.2) is 42.0 Å².